The molecule has 0 spiro atoms. The zero-order valence-corrected chi connectivity index (χ0v) is 12.2. The number of nitrogens with one attached hydrogen (secondary N) is 1. The van der Waals surface area contributed by atoms with Crippen LogP contribution in [0.3, 0.4) is 0 Å². The molecule has 0 bridgehead atoms. The number of likely N-dealkylation sites (N-methyl/N-ethyl adjacent to an activating group) is 1. The highest BCUT2D eigenvalue weighted by Crippen LogP contribution is 2.27. The van der Waals surface area contributed by atoms with E-state index in [4.69, 9.17) is 4.74 Å². The lowest BCUT2D eigenvalue weighted by Crippen LogP contribution is -2.38. The van der Waals surface area contributed by atoms with Gasteiger partial charge >= 0.3 is 0 Å². The fraction of sp³-hybridized carbons (Fsp3) is 0.471. The van der Waals surface area contributed by atoms with Crippen molar-refractivity contribution < 1.29 is 4.74 Å². The smallest absolute Gasteiger partial charge is 0.0704 e. The molecule has 3 unspecified atom stereocenters. The summed E-state index contributed by atoms with van der Waals surface area (Å²) < 4.78 is 5.72. The van der Waals surface area contributed by atoms with Gasteiger partial charge < -0.3 is 10.1 Å². The van der Waals surface area contributed by atoms with Gasteiger partial charge in [-0.1, -0.05) is 18.2 Å². The third kappa shape index (κ3) is 2.56. The minimum atomic E-state index is 0.348. The topological polar surface area (TPSA) is 34.2 Å². The van der Waals surface area contributed by atoms with Crippen molar-refractivity contribution in [3.8, 4) is 0 Å². The van der Waals surface area contributed by atoms with Crippen molar-refractivity contribution >= 4 is 10.9 Å². The number of fused-ring (bicyclic) bond motifs is 1. The first-order valence-electron chi connectivity index (χ1n) is 7.41. The first kappa shape index (κ1) is 13.5. The monoisotopic (exact) mass is 270 g/mol. The van der Waals surface area contributed by atoms with Gasteiger partial charge in [-0.05, 0) is 44.5 Å². The molecule has 106 valence electrons. The van der Waals surface area contributed by atoms with Gasteiger partial charge in [-0.25, -0.2) is 0 Å². The van der Waals surface area contributed by atoms with E-state index in [1.807, 2.05) is 12.3 Å². The number of aromatic nitrogens is 1. The van der Waals surface area contributed by atoms with Crippen molar-refractivity contribution in [3.63, 3.8) is 0 Å². The van der Waals surface area contributed by atoms with Crippen LogP contribution in [-0.2, 0) is 11.2 Å². The second-order valence-electron chi connectivity index (χ2n) is 5.61. The first-order valence-corrected chi connectivity index (χ1v) is 7.41. The van der Waals surface area contributed by atoms with Gasteiger partial charge in [-0.2, -0.15) is 0 Å². The van der Waals surface area contributed by atoms with Crippen LogP contribution in [0.4, 0.5) is 0 Å². The Morgan fingerprint density at radius 1 is 1.35 bits per heavy atom. The number of benzene rings is 1. The summed E-state index contributed by atoms with van der Waals surface area (Å²) >= 11 is 0. The summed E-state index contributed by atoms with van der Waals surface area (Å²) in [6, 6.07) is 11.0. The Bertz CT molecular complexity index is 579. The maximum atomic E-state index is 5.72. The Kier molecular flexibility index (Phi) is 3.99. The molecule has 2 heterocycles. The summed E-state index contributed by atoms with van der Waals surface area (Å²) in [6.07, 6.45) is 4.44. The van der Waals surface area contributed by atoms with Crippen LogP contribution in [0.5, 0.6) is 0 Å². The molecule has 0 saturated carbocycles. The Hall–Kier alpha value is -1.45. The van der Waals surface area contributed by atoms with E-state index < -0.39 is 0 Å². The molecule has 1 fully saturated rings. The van der Waals surface area contributed by atoms with E-state index in [0.717, 1.165) is 25.0 Å². The molecule has 20 heavy (non-hydrogen) atoms. The van der Waals surface area contributed by atoms with Crippen molar-refractivity contribution in [3.05, 3.63) is 42.1 Å². The number of hydrogen-bond donors (Lipinski definition) is 1. The van der Waals surface area contributed by atoms with Crippen LogP contribution in [0, 0.1) is 5.92 Å². The van der Waals surface area contributed by atoms with Gasteiger partial charge in [0.25, 0.3) is 0 Å². The van der Waals surface area contributed by atoms with E-state index in [0.29, 0.717) is 18.1 Å². The first-order chi connectivity index (χ1) is 9.79. The molecule has 0 radical (unpaired) electrons. The van der Waals surface area contributed by atoms with Crippen LogP contribution < -0.4 is 5.32 Å². The Balaban J connectivity index is 1.87. The lowest BCUT2D eigenvalue weighted by atomic mass is 9.88. The summed E-state index contributed by atoms with van der Waals surface area (Å²) in [5, 5.41) is 4.75. The molecular weight excluding hydrogens is 248 g/mol. The fourth-order valence-corrected chi connectivity index (χ4v) is 3.31. The molecule has 1 aliphatic rings. The average molecular weight is 270 g/mol. The van der Waals surface area contributed by atoms with E-state index >= 15 is 0 Å². The quantitative estimate of drug-likeness (QED) is 0.927. The van der Waals surface area contributed by atoms with Gasteiger partial charge in [-0.3, -0.25) is 4.98 Å². The predicted octanol–water partition coefficient (Wildman–Crippen LogP) is 2.79. The van der Waals surface area contributed by atoms with E-state index in [2.05, 4.69) is 48.5 Å². The van der Waals surface area contributed by atoms with Crippen molar-refractivity contribution in [2.24, 2.45) is 5.92 Å². The van der Waals surface area contributed by atoms with Gasteiger partial charge in [0.15, 0.2) is 0 Å². The van der Waals surface area contributed by atoms with E-state index in [1.54, 1.807) is 0 Å². The number of para-hydroxylation sites is 1. The molecule has 1 aliphatic heterocycles. The van der Waals surface area contributed by atoms with Crippen LogP contribution in [0.25, 0.3) is 10.9 Å². The molecule has 1 N–H and O–H groups in total. The Morgan fingerprint density at radius 3 is 2.95 bits per heavy atom. The molecule has 1 aromatic heterocycles. The van der Waals surface area contributed by atoms with Crippen LogP contribution in [0.2, 0.25) is 0 Å². The third-order valence-corrected chi connectivity index (χ3v) is 4.50. The molecule has 0 amide bonds. The number of nitrogens with zero attached hydrogens (tertiary/aromatic N) is 1. The standard InChI is InChI=1S/C17H22N2O/c1-12-14(8-10-20-12)17(18-2)11-13-7-9-19-16-6-4-3-5-15(13)16/h3-7,9,12,14,17-18H,8,10-11H2,1-2H3. The molecule has 3 rings (SSSR count). The van der Waals surface area contributed by atoms with E-state index in [-0.39, 0.29) is 0 Å². The van der Waals surface area contributed by atoms with Gasteiger partial charge in [0, 0.05) is 30.1 Å². The lowest BCUT2D eigenvalue weighted by Gasteiger charge is -2.26. The molecule has 2 aromatic rings. The predicted molar refractivity (Wildman–Crippen MR) is 81.8 cm³/mol. The number of rotatable bonds is 4. The summed E-state index contributed by atoms with van der Waals surface area (Å²) in [4.78, 5) is 4.44. The van der Waals surface area contributed by atoms with Crippen molar-refractivity contribution in [2.75, 3.05) is 13.7 Å². The molecular formula is C17H22N2O. The van der Waals surface area contributed by atoms with Crippen molar-refractivity contribution in [1.82, 2.24) is 10.3 Å². The lowest BCUT2D eigenvalue weighted by molar-refractivity contribution is 0.0963. The summed E-state index contributed by atoms with van der Waals surface area (Å²) in [5.41, 5.74) is 2.45. The van der Waals surface area contributed by atoms with Gasteiger partial charge in [-0.15, -0.1) is 0 Å². The largest absolute Gasteiger partial charge is 0.378 e. The highest BCUT2D eigenvalue weighted by molar-refractivity contribution is 5.81. The normalized spacial score (nSPS) is 24.1. The SMILES string of the molecule is CNC(Cc1ccnc2ccccc12)C1CCOC1C. The van der Waals surface area contributed by atoms with Crippen molar-refractivity contribution in [1.29, 1.82) is 0 Å². The molecule has 1 saturated heterocycles. The van der Waals surface area contributed by atoms with Crippen LogP contribution in [0.1, 0.15) is 18.9 Å². The van der Waals surface area contributed by atoms with E-state index in [1.165, 1.54) is 10.9 Å². The molecule has 3 heteroatoms. The summed E-state index contributed by atoms with van der Waals surface area (Å²) in [7, 11) is 2.05. The van der Waals surface area contributed by atoms with Crippen LogP contribution in [-0.4, -0.2) is 30.8 Å². The highest BCUT2D eigenvalue weighted by Gasteiger charge is 2.31. The Morgan fingerprint density at radius 2 is 2.20 bits per heavy atom. The second kappa shape index (κ2) is 5.90. The summed E-state index contributed by atoms with van der Waals surface area (Å²) in [6.45, 7) is 3.08. The minimum Gasteiger partial charge on any atom is -0.378 e. The zero-order valence-electron chi connectivity index (χ0n) is 12.2. The molecule has 3 atom stereocenters. The van der Waals surface area contributed by atoms with Crippen LogP contribution >= 0.6 is 0 Å². The second-order valence-corrected chi connectivity index (χ2v) is 5.61. The number of ether oxygens (including phenoxy) is 1. The summed E-state index contributed by atoms with van der Waals surface area (Å²) in [5.74, 6) is 0.590. The van der Waals surface area contributed by atoms with Gasteiger partial charge in [0.2, 0.25) is 0 Å². The third-order valence-electron chi connectivity index (χ3n) is 4.50. The minimum absolute atomic E-state index is 0.348. The number of pyridine rings is 1. The molecule has 1 aromatic carbocycles. The van der Waals surface area contributed by atoms with Gasteiger partial charge in [0.1, 0.15) is 0 Å². The highest BCUT2D eigenvalue weighted by atomic mass is 16.5. The molecule has 3 nitrogen and oxygen atoms in total. The molecule has 0 aliphatic carbocycles. The number of hydrogen-bond acceptors (Lipinski definition) is 3. The van der Waals surface area contributed by atoms with E-state index in [9.17, 15) is 0 Å². The fourth-order valence-electron chi connectivity index (χ4n) is 3.31. The van der Waals surface area contributed by atoms with Crippen molar-refractivity contribution in [2.45, 2.75) is 31.9 Å². The maximum Gasteiger partial charge on any atom is 0.0704 e. The zero-order chi connectivity index (χ0) is 13.9. The maximum absolute atomic E-state index is 5.72. The average Bonchev–Trinajstić information content (AvgIpc) is 2.91. The van der Waals surface area contributed by atoms with Gasteiger partial charge in [0.05, 0.1) is 11.6 Å². The van der Waals surface area contributed by atoms with Crippen LogP contribution in [0.15, 0.2) is 36.5 Å². The Labute approximate surface area is 120 Å².